The molecule has 1 aliphatic rings. The Bertz CT molecular complexity index is 716. The van der Waals surface area contributed by atoms with Gasteiger partial charge in [-0.25, -0.2) is 4.98 Å². The fourth-order valence-electron chi connectivity index (χ4n) is 2.37. The minimum atomic E-state index is -0.0530. The van der Waals surface area contributed by atoms with Crippen LogP contribution in [0.15, 0.2) is 29.3 Å². The Balaban J connectivity index is 0.00000225. The van der Waals surface area contributed by atoms with Crippen molar-refractivity contribution < 1.29 is 9.47 Å². The SMILES string of the molecule is CN=C(NCc1nc(C)c(C)s1)NCC1COc2ccccc2O1.I. The number of hydrogen-bond acceptors (Lipinski definition) is 5. The van der Waals surface area contributed by atoms with Crippen molar-refractivity contribution >= 4 is 41.3 Å². The van der Waals surface area contributed by atoms with E-state index in [1.807, 2.05) is 31.2 Å². The molecule has 1 aromatic carbocycles. The summed E-state index contributed by atoms with van der Waals surface area (Å²) in [5.74, 6) is 2.31. The minimum Gasteiger partial charge on any atom is -0.486 e. The van der Waals surface area contributed by atoms with Crippen LogP contribution in [0.3, 0.4) is 0 Å². The van der Waals surface area contributed by atoms with Gasteiger partial charge in [0, 0.05) is 11.9 Å². The monoisotopic (exact) mass is 474 g/mol. The third-order valence-electron chi connectivity index (χ3n) is 3.77. The summed E-state index contributed by atoms with van der Waals surface area (Å²) in [6, 6.07) is 7.71. The van der Waals surface area contributed by atoms with E-state index in [2.05, 4.69) is 27.5 Å². The number of para-hydroxylation sites is 2. The van der Waals surface area contributed by atoms with E-state index in [1.54, 1.807) is 18.4 Å². The summed E-state index contributed by atoms with van der Waals surface area (Å²) in [6.07, 6.45) is -0.0530. The van der Waals surface area contributed by atoms with Crippen LogP contribution in [0.2, 0.25) is 0 Å². The zero-order valence-electron chi connectivity index (χ0n) is 14.5. The van der Waals surface area contributed by atoms with Gasteiger partial charge in [0.1, 0.15) is 17.7 Å². The molecule has 1 aliphatic heterocycles. The van der Waals surface area contributed by atoms with Crippen molar-refractivity contribution in [1.29, 1.82) is 0 Å². The van der Waals surface area contributed by atoms with Crippen LogP contribution in [0.25, 0.3) is 0 Å². The number of nitrogens with one attached hydrogen (secondary N) is 2. The summed E-state index contributed by atoms with van der Waals surface area (Å²) >= 11 is 1.70. The summed E-state index contributed by atoms with van der Waals surface area (Å²) < 4.78 is 11.6. The van der Waals surface area contributed by atoms with E-state index in [4.69, 9.17) is 9.47 Å². The van der Waals surface area contributed by atoms with Crippen molar-refractivity contribution in [3.8, 4) is 11.5 Å². The first kappa shape index (κ1) is 19.8. The zero-order chi connectivity index (χ0) is 16.9. The number of benzene rings is 1. The molecule has 2 aromatic rings. The van der Waals surface area contributed by atoms with Gasteiger partial charge in [-0.15, -0.1) is 35.3 Å². The van der Waals surface area contributed by atoms with Crippen molar-refractivity contribution in [1.82, 2.24) is 15.6 Å². The Morgan fingerprint density at radius 2 is 2.04 bits per heavy atom. The van der Waals surface area contributed by atoms with E-state index in [-0.39, 0.29) is 30.1 Å². The van der Waals surface area contributed by atoms with E-state index in [0.29, 0.717) is 19.7 Å². The molecule has 0 bridgehead atoms. The number of aliphatic imine (C=N–C) groups is 1. The second-order valence-corrected chi connectivity index (χ2v) is 6.84. The fraction of sp³-hybridized carbons (Fsp3) is 0.412. The third kappa shape index (κ3) is 5.21. The van der Waals surface area contributed by atoms with Gasteiger partial charge in [0.15, 0.2) is 17.5 Å². The highest BCUT2D eigenvalue weighted by atomic mass is 127. The predicted octanol–water partition coefficient (Wildman–Crippen LogP) is 2.88. The molecule has 3 rings (SSSR count). The van der Waals surface area contributed by atoms with Gasteiger partial charge in [-0.05, 0) is 26.0 Å². The molecule has 25 heavy (non-hydrogen) atoms. The summed E-state index contributed by atoms with van der Waals surface area (Å²) in [5, 5.41) is 7.60. The summed E-state index contributed by atoms with van der Waals surface area (Å²) in [7, 11) is 1.75. The van der Waals surface area contributed by atoms with E-state index in [1.165, 1.54) is 4.88 Å². The molecule has 0 saturated heterocycles. The van der Waals surface area contributed by atoms with Gasteiger partial charge in [0.2, 0.25) is 0 Å². The number of rotatable bonds is 4. The lowest BCUT2D eigenvalue weighted by molar-refractivity contribution is 0.0936. The average Bonchev–Trinajstić information content (AvgIpc) is 2.93. The molecule has 0 fully saturated rings. The third-order valence-corrected chi connectivity index (χ3v) is 4.84. The van der Waals surface area contributed by atoms with Gasteiger partial charge >= 0.3 is 0 Å². The predicted molar refractivity (Wildman–Crippen MR) is 112 cm³/mol. The second kappa shape index (κ2) is 9.23. The number of aryl methyl sites for hydroxylation is 2. The molecule has 1 unspecified atom stereocenters. The van der Waals surface area contributed by atoms with Crippen molar-refractivity contribution in [2.75, 3.05) is 20.2 Å². The van der Waals surface area contributed by atoms with Gasteiger partial charge in [0.25, 0.3) is 0 Å². The van der Waals surface area contributed by atoms with Crippen LogP contribution in [0.1, 0.15) is 15.6 Å². The first-order valence-corrected chi connectivity index (χ1v) is 8.73. The Hall–Kier alpha value is -1.55. The smallest absolute Gasteiger partial charge is 0.191 e. The molecule has 0 amide bonds. The first-order valence-electron chi connectivity index (χ1n) is 7.91. The number of nitrogens with zero attached hydrogens (tertiary/aromatic N) is 2. The van der Waals surface area contributed by atoms with E-state index < -0.39 is 0 Å². The lowest BCUT2D eigenvalue weighted by Crippen LogP contribution is -2.45. The summed E-state index contributed by atoms with van der Waals surface area (Å²) in [4.78, 5) is 10.0. The molecule has 0 aliphatic carbocycles. The van der Waals surface area contributed by atoms with Crippen LogP contribution in [0, 0.1) is 13.8 Å². The number of guanidine groups is 1. The second-order valence-electron chi connectivity index (χ2n) is 5.55. The molecule has 1 atom stereocenters. The number of hydrogen-bond donors (Lipinski definition) is 2. The van der Waals surface area contributed by atoms with Gasteiger partial charge in [-0.2, -0.15) is 0 Å². The molecule has 6 nitrogen and oxygen atoms in total. The quantitative estimate of drug-likeness (QED) is 0.406. The van der Waals surface area contributed by atoms with Crippen LogP contribution >= 0.6 is 35.3 Å². The van der Waals surface area contributed by atoms with Gasteiger partial charge in [0.05, 0.1) is 18.8 Å². The van der Waals surface area contributed by atoms with E-state index in [9.17, 15) is 0 Å². The topological polar surface area (TPSA) is 67.8 Å². The molecule has 0 spiro atoms. The number of thiazole rings is 1. The minimum absolute atomic E-state index is 0. The van der Waals surface area contributed by atoms with E-state index >= 15 is 0 Å². The van der Waals surface area contributed by atoms with Gasteiger partial charge < -0.3 is 20.1 Å². The summed E-state index contributed by atoms with van der Waals surface area (Å²) in [5.41, 5.74) is 1.09. The Morgan fingerprint density at radius 3 is 2.72 bits per heavy atom. The number of ether oxygens (including phenoxy) is 2. The van der Waals surface area contributed by atoms with Crippen LogP contribution < -0.4 is 20.1 Å². The molecule has 0 radical (unpaired) electrons. The fourth-order valence-corrected chi connectivity index (χ4v) is 3.24. The van der Waals surface area contributed by atoms with Crippen LogP contribution in [-0.4, -0.2) is 37.2 Å². The molecule has 0 saturated carbocycles. The highest BCUT2D eigenvalue weighted by Crippen LogP contribution is 2.30. The standard InChI is InChI=1S/C17H22N4O2S.HI/c1-11-12(2)24-16(21-11)9-20-17(18-3)19-8-13-10-22-14-6-4-5-7-15(14)23-13;/h4-7,13H,8-10H2,1-3H3,(H2,18,19,20);1H. The maximum absolute atomic E-state index is 5.93. The molecular weight excluding hydrogens is 451 g/mol. The normalized spacial score (nSPS) is 16.1. The van der Waals surface area contributed by atoms with Crippen molar-refractivity contribution in [3.05, 3.63) is 39.8 Å². The van der Waals surface area contributed by atoms with Gasteiger partial charge in [-0.1, -0.05) is 12.1 Å². The number of halogens is 1. The van der Waals surface area contributed by atoms with Crippen LogP contribution in [-0.2, 0) is 6.54 Å². The Kier molecular flexibility index (Phi) is 7.30. The molecule has 2 N–H and O–H groups in total. The zero-order valence-corrected chi connectivity index (χ0v) is 17.7. The molecule has 1 aromatic heterocycles. The maximum atomic E-state index is 5.93. The lowest BCUT2D eigenvalue weighted by atomic mass is 10.2. The van der Waals surface area contributed by atoms with Crippen LogP contribution in [0.4, 0.5) is 0 Å². The molecule has 136 valence electrons. The molecular formula is C17H23IN4O2S. The Labute approximate surface area is 169 Å². The average molecular weight is 474 g/mol. The highest BCUT2D eigenvalue weighted by molar-refractivity contribution is 14.0. The molecule has 2 heterocycles. The van der Waals surface area contributed by atoms with E-state index in [0.717, 1.165) is 28.2 Å². The number of aromatic nitrogens is 1. The Morgan fingerprint density at radius 1 is 1.28 bits per heavy atom. The highest BCUT2D eigenvalue weighted by Gasteiger charge is 2.20. The van der Waals surface area contributed by atoms with Crippen molar-refractivity contribution in [3.63, 3.8) is 0 Å². The largest absolute Gasteiger partial charge is 0.486 e. The van der Waals surface area contributed by atoms with Crippen molar-refractivity contribution in [2.24, 2.45) is 4.99 Å². The van der Waals surface area contributed by atoms with Gasteiger partial charge in [-0.3, -0.25) is 4.99 Å². The molecule has 8 heteroatoms. The number of fused-ring (bicyclic) bond motifs is 1. The lowest BCUT2D eigenvalue weighted by Gasteiger charge is -2.27. The first-order chi connectivity index (χ1) is 11.7. The van der Waals surface area contributed by atoms with Crippen LogP contribution in [0.5, 0.6) is 11.5 Å². The maximum Gasteiger partial charge on any atom is 0.191 e. The summed E-state index contributed by atoms with van der Waals surface area (Å²) in [6.45, 7) is 5.90. The van der Waals surface area contributed by atoms with Crippen molar-refractivity contribution in [2.45, 2.75) is 26.5 Å².